The van der Waals surface area contributed by atoms with Gasteiger partial charge in [0.2, 0.25) is 6.79 Å². The standard InChI is InChI=1S/C15H14N2O3/c1-17(12-5-3-2-4-6-12)16-15(18)11-7-8-13-14(9-11)20-10-19-13/h2-9H,10H2,1H3,(H,16,18). The third kappa shape index (κ3) is 2.38. The summed E-state index contributed by atoms with van der Waals surface area (Å²) in [6, 6.07) is 14.7. The molecule has 0 aromatic heterocycles. The van der Waals surface area contributed by atoms with Crippen molar-refractivity contribution in [2.75, 3.05) is 18.8 Å². The van der Waals surface area contributed by atoms with Crippen LogP contribution in [0, 0.1) is 0 Å². The Hall–Kier alpha value is -2.69. The largest absolute Gasteiger partial charge is 0.454 e. The third-order valence-electron chi connectivity index (χ3n) is 3.05. The summed E-state index contributed by atoms with van der Waals surface area (Å²) in [5, 5.41) is 1.67. The lowest BCUT2D eigenvalue weighted by molar-refractivity contribution is 0.0951. The second-order valence-electron chi connectivity index (χ2n) is 4.40. The number of anilines is 1. The number of ether oxygens (including phenoxy) is 2. The van der Waals surface area contributed by atoms with Gasteiger partial charge in [-0.05, 0) is 30.3 Å². The van der Waals surface area contributed by atoms with E-state index >= 15 is 0 Å². The maximum absolute atomic E-state index is 12.2. The second kappa shape index (κ2) is 5.13. The van der Waals surface area contributed by atoms with Crippen LogP contribution in [0.1, 0.15) is 10.4 Å². The van der Waals surface area contributed by atoms with Crippen LogP contribution in [-0.2, 0) is 0 Å². The predicted molar refractivity (Wildman–Crippen MR) is 74.9 cm³/mol. The van der Waals surface area contributed by atoms with Gasteiger partial charge in [0.1, 0.15) is 0 Å². The number of carbonyl (C=O) groups excluding carboxylic acids is 1. The fourth-order valence-corrected chi connectivity index (χ4v) is 1.97. The van der Waals surface area contributed by atoms with Gasteiger partial charge in [-0.3, -0.25) is 15.2 Å². The molecule has 0 fully saturated rings. The first-order valence-electron chi connectivity index (χ1n) is 6.23. The van der Waals surface area contributed by atoms with Crippen LogP contribution in [-0.4, -0.2) is 19.7 Å². The first kappa shape index (κ1) is 12.3. The molecule has 0 unspecified atom stereocenters. The molecule has 0 spiro atoms. The molecule has 1 N–H and O–H groups in total. The zero-order chi connectivity index (χ0) is 13.9. The van der Waals surface area contributed by atoms with E-state index in [-0.39, 0.29) is 12.7 Å². The SMILES string of the molecule is CN(NC(=O)c1ccc2c(c1)OCO2)c1ccccc1. The Bertz CT molecular complexity index is 628. The Labute approximate surface area is 116 Å². The first-order chi connectivity index (χ1) is 9.74. The highest BCUT2D eigenvalue weighted by atomic mass is 16.7. The van der Waals surface area contributed by atoms with Crippen molar-refractivity contribution in [3.05, 3.63) is 54.1 Å². The van der Waals surface area contributed by atoms with Crippen molar-refractivity contribution in [2.45, 2.75) is 0 Å². The summed E-state index contributed by atoms with van der Waals surface area (Å²) in [7, 11) is 1.79. The Morgan fingerprint density at radius 2 is 1.85 bits per heavy atom. The number of carbonyl (C=O) groups is 1. The molecule has 1 heterocycles. The van der Waals surface area contributed by atoms with Crippen LogP contribution in [0.2, 0.25) is 0 Å². The quantitative estimate of drug-likeness (QED) is 0.869. The van der Waals surface area contributed by atoms with Crippen LogP contribution >= 0.6 is 0 Å². The molecule has 5 nitrogen and oxygen atoms in total. The molecular formula is C15H14N2O3. The van der Waals surface area contributed by atoms with Gasteiger partial charge in [-0.25, -0.2) is 0 Å². The van der Waals surface area contributed by atoms with Crippen LogP contribution in [0.5, 0.6) is 11.5 Å². The zero-order valence-corrected chi connectivity index (χ0v) is 11.0. The van der Waals surface area contributed by atoms with Crippen molar-refractivity contribution in [1.82, 2.24) is 5.43 Å². The average Bonchev–Trinajstić information content (AvgIpc) is 2.95. The van der Waals surface area contributed by atoms with Crippen LogP contribution in [0.3, 0.4) is 0 Å². The molecular weight excluding hydrogens is 256 g/mol. The first-order valence-corrected chi connectivity index (χ1v) is 6.23. The molecule has 20 heavy (non-hydrogen) atoms. The molecule has 0 aliphatic carbocycles. The van der Waals surface area contributed by atoms with Gasteiger partial charge in [0.25, 0.3) is 5.91 Å². The maximum Gasteiger partial charge on any atom is 0.269 e. The number of hydrogen-bond acceptors (Lipinski definition) is 4. The number of nitrogens with one attached hydrogen (secondary N) is 1. The predicted octanol–water partition coefficient (Wildman–Crippen LogP) is 2.20. The lowest BCUT2D eigenvalue weighted by Crippen LogP contribution is -2.39. The van der Waals surface area contributed by atoms with E-state index in [0.717, 1.165) is 5.69 Å². The Kier molecular flexibility index (Phi) is 3.16. The van der Waals surface area contributed by atoms with E-state index in [9.17, 15) is 4.79 Å². The van der Waals surface area contributed by atoms with Gasteiger partial charge in [0.05, 0.1) is 5.69 Å². The molecule has 0 bridgehead atoms. The molecule has 1 aliphatic heterocycles. The fraction of sp³-hybridized carbons (Fsp3) is 0.133. The van der Waals surface area contributed by atoms with Gasteiger partial charge in [0.15, 0.2) is 11.5 Å². The fourth-order valence-electron chi connectivity index (χ4n) is 1.97. The number of para-hydroxylation sites is 1. The number of hydrazine groups is 1. The van der Waals surface area contributed by atoms with Gasteiger partial charge in [0, 0.05) is 12.6 Å². The molecule has 5 heteroatoms. The van der Waals surface area contributed by atoms with Crippen molar-refractivity contribution < 1.29 is 14.3 Å². The molecule has 0 saturated carbocycles. The summed E-state index contributed by atoms with van der Waals surface area (Å²) in [4.78, 5) is 12.2. The highest BCUT2D eigenvalue weighted by molar-refractivity contribution is 5.95. The van der Waals surface area contributed by atoms with E-state index < -0.39 is 0 Å². The maximum atomic E-state index is 12.2. The van der Waals surface area contributed by atoms with Crippen LogP contribution in [0.25, 0.3) is 0 Å². The minimum absolute atomic E-state index is 0.199. The summed E-state index contributed by atoms with van der Waals surface area (Å²) in [5.41, 5.74) is 4.23. The van der Waals surface area contributed by atoms with Crippen LogP contribution < -0.4 is 19.9 Å². The van der Waals surface area contributed by atoms with Gasteiger partial charge >= 0.3 is 0 Å². The van der Waals surface area contributed by atoms with Gasteiger partial charge in [-0.1, -0.05) is 18.2 Å². The Morgan fingerprint density at radius 1 is 1.10 bits per heavy atom. The van der Waals surface area contributed by atoms with E-state index in [1.165, 1.54) is 0 Å². The molecule has 0 atom stereocenters. The smallest absolute Gasteiger partial charge is 0.269 e. The van der Waals surface area contributed by atoms with Crippen LogP contribution in [0.4, 0.5) is 5.69 Å². The van der Waals surface area contributed by atoms with E-state index in [4.69, 9.17) is 9.47 Å². The van der Waals surface area contributed by atoms with Crippen LogP contribution in [0.15, 0.2) is 48.5 Å². The number of benzene rings is 2. The average molecular weight is 270 g/mol. The van der Waals surface area contributed by atoms with Crippen molar-refractivity contribution >= 4 is 11.6 Å². The van der Waals surface area contributed by atoms with Crippen molar-refractivity contribution in [1.29, 1.82) is 0 Å². The zero-order valence-electron chi connectivity index (χ0n) is 11.0. The molecule has 0 saturated heterocycles. The number of rotatable bonds is 3. The number of nitrogens with zero attached hydrogens (tertiary/aromatic N) is 1. The summed E-state index contributed by atoms with van der Waals surface area (Å²) >= 11 is 0. The number of hydrogen-bond donors (Lipinski definition) is 1. The minimum atomic E-state index is -0.199. The van der Waals surface area contributed by atoms with E-state index in [1.807, 2.05) is 30.3 Å². The molecule has 2 aromatic carbocycles. The van der Waals surface area contributed by atoms with E-state index in [2.05, 4.69) is 5.43 Å². The summed E-state index contributed by atoms with van der Waals surface area (Å²) in [5.74, 6) is 1.06. The van der Waals surface area contributed by atoms with Gasteiger partial charge < -0.3 is 9.47 Å². The summed E-state index contributed by atoms with van der Waals surface area (Å²) < 4.78 is 10.5. The van der Waals surface area contributed by atoms with E-state index in [1.54, 1.807) is 30.3 Å². The Morgan fingerprint density at radius 3 is 2.65 bits per heavy atom. The molecule has 0 radical (unpaired) electrons. The highest BCUT2D eigenvalue weighted by Gasteiger charge is 2.16. The number of fused-ring (bicyclic) bond motifs is 1. The lowest BCUT2D eigenvalue weighted by Gasteiger charge is -2.20. The van der Waals surface area contributed by atoms with E-state index in [0.29, 0.717) is 17.1 Å². The summed E-state index contributed by atoms with van der Waals surface area (Å²) in [6.45, 7) is 0.199. The van der Waals surface area contributed by atoms with Crippen molar-refractivity contribution in [2.24, 2.45) is 0 Å². The molecule has 1 amide bonds. The summed E-state index contributed by atoms with van der Waals surface area (Å²) in [6.07, 6.45) is 0. The minimum Gasteiger partial charge on any atom is -0.454 e. The monoisotopic (exact) mass is 270 g/mol. The lowest BCUT2D eigenvalue weighted by atomic mass is 10.2. The molecule has 3 rings (SSSR count). The Balaban J connectivity index is 1.73. The molecule has 1 aliphatic rings. The highest BCUT2D eigenvalue weighted by Crippen LogP contribution is 2.32. The number of amides is 1. The van der Waals surface area contributed by atoms with Gasteiger partial charge in [-0.15, -0.1) is 0 Å². The third-order valence-corrected chi connectivity index (χ3v) is 3.05. The molecule has 2 aromatic rings. The normalized spacial score (nSPS) is 12.1. The topological polar surface area (TPSA) is 50.8 Å². The van der Waals surface area contributed by atoms with Gasteiger partial charge in [-0.2, -0.15) is 0 Å². The van der Waals surface area contributed by atoms with Crippen molar-refractivity contribution in [3.8, 4) is 11.5 Å². The second-order valence-corrected chi connectivity index (χ2v) is 4.40. The molecule has 102 valence electrons. The van der Waals surface area contributed by atoms with Crippen molar-refractivity contribution in [3.63, 3.8) is 0 Å².